The molecule has 1 aromatic rings. The Morgan fingerprint density at radius 2 is 1.47 bits per heavy atom. The number of piperidine rings is 1. The maximum atomic E-state index is 6.21. The minimum absolute atomic E-state index is 0.00389. The van der Waals surface area contributed by atoms with Crippen molar-refractivity contribution in [2.45, 2.75) is 109 Å². The van der Waals surface area contributed by atoms with E-state index in [4.69, 9.17) is 9.57 Å². The van der Waals surface area contributed by atoms with Gasteiger partial charge in [-0.2, -0.15) is 5.06 Å². The molecule has 1 aliphatic heterocycles. The molecule has 0 atom stereocenters. The first kappa shape index (κ1) is 23.5. The maximum absolute atomic E-state index is 6.21. The molecule has 1 saturated carbocycles. The van der Waals surface area contributed by atoms with Gasteiger partial charge in [0.05, 0.1) is 12.7 Å². The number of nitrogens with zero attached hydrogens (tertiary/aromatic N) is 1. The van der Waals surface area contributed by atoms with Crippen LogP contribution in [-0.2, 0) is 9.57 Å². The summed E-state index contributed by atoms with van der Waals surface area (Å²) in [6.07, 6.45) is 10.4. The highest BCUT2D eigenvalue weighted by Gasteiger charge is 2.46. The van der Waals surface area contributed by atoms with Gasteiger partial charge in [-0.3, -0.25) is 4.84 Å². The molecule has 1 saturated heterocycles. The molecule has 0 aromatic heterocycles. The van der Waals surface area contributed by atoms with Gasteiger partial charge < -0.3 is 4.74 Å². The van der Waals surface area contributed by atoms with Crippen LogP contribution in [0.25, 0.3) is 0 Å². The van der Waals surface area contributed by atoms with Crippen LogP contribution in [0.3, 0.4) is 0 Å². The summed E-state index contributed by atoms with van der Waals surface area (Å²) >= 11 is 0. The second kappa shape index (κ2) is 9.97. The number of rotatable bonds is 8. The Kier molecular flexibility index (Phi) is 7.81. The molecule has 0 bridgehead atoms. The van der Waals surface area contributed by atoms with Crippen molar-refractivity contribution in [2.24, 2.45) is 0 Å². The first-order valence-electron chi connectivity index (χ1n) is 12.0. The summed E-state index contributed by atoms with van der Waals surface area (Å²) in [4.78, 5) is 6.21. The second-order valence-electron chi connectivity index (χ2n) is 10.5. The van der Waals surface area contributed by atoms with Crippen LogP contribution >= 0.6 is 0 Å². The molecule has 1 aromatic carbocycles. The SMILES string of the molecule is C=CCCON1C(C)(C)CC(c2ccc(C3CCC(OCC)CC3)cc2)CC1(C)C. The molecule has 0 N–H and O–H groups in total. The van der Waals surface area contributed by atoms with E-state index in [1.807, 2.05) is 6.08 Å². The zero-order valence-electron chi connectivity index (χ0n) is 20.0. The van der Waals surface area contributed by atoms with Gasteiger partial charge in [-0.25, -0.2) is 0 Å². The summed E-state index contributed by atoms with van der Waals surface area (Å²) < 4.78 is 5.82. The van der Waals surface area contributed by atoms with Gasteiger partial charge in [-0.15, -0.1) is 6.58 Å². The van der Waals surface area contributed by atoms with Crippen LogP contribution in [0.1, 0.15) is 103 Å². The predicted octanol–water partition coefficient (Wildman–Crippen LogP) is 6.99. The maximum Gasteiger partial charge on any atom is 0.0719 e. The summed E-state index contributed by atoms with van der Waals surface area (Å²) in [7, 11) is 0. The first-order valence-corrected chi connectivity index (χ1v) is 12.0. The van der Waals surface area contributed by atoms with E-state index in [-0.39, 0.29) is 11.1 Å². The van der Waals surface area contributed by atoms with E-state index in [9.17, 15) is 0 Å². The fourth-order valence-electron chi connectivity index (χ4n) is 5.91. The molecule has 3 rings (SSSR count). The average Bonchev–Trinajstić information content (AvgIpc) is 2.70. The predicted molar refractivity (Wildman–Crippen MR) is 126 cm³/mol. The molecule has 1 heterocycles. The van der Waals surface area contributed by atoms with Gasteiger partial charge >= 0.3 is 0 Å². The lowest BCUT2D eigenvalue weighted by Crippen LogP contribution is -2.59. The molecule has 0 spiro atoms. The molecule has 0 amide bonds. The van der Waals surface area contributed by atoms with E-state index in [1.165, 1.54) is 36.8 Å². The average molecular weight is 414 g/mol. The van der Waals surface area contributed by atoms with Gasteiger partial charge in [0.25, 0.3) is 0 Å². The van der Waals surface area contributed by atoms with Crippen molar-refractivity contribution in [3.05, 3.63) is 48.0 Å². The monoisotopic (exact) mass is 413 g/mol. The zero-order valence-corrected chi connectivity index (χ0v) is 20.0. The van der Waals surface area contributed by atoms with Gasteiger partial charge in [-0.05, 0) is 103 Å². The van der Waals surface area contributed by atoms with E-state index in [0.717, 1.165) is 25.9 Å². The number of benzene rings is 1. The summed E-state index contributed by atoms with van der Waals surface area (Å²) in [6.45, 7) is 16.7. The Morgan fingerprint density at radius 1 is 0.933 bits per heavy atom. The fourth-order valence-corrected chi connectivity index (χ4v) is 5.91. The highest BCUT2D eigenvalue weighted by atomic mass is 16.7. The molecule has 0 unspecified atom stereocenters. The Morgan fingerprint density at radius 3 is 1.97 bits per heavy atom. The van der Waals surface area contributed by atoms with Crippen molar-refractivity contribution in [3.63, 3.8) is 0 Å². The van der Waals surface area contributed by atoms with Crippen LogP contribution in [-0.4, -0.2) is 35.5 Å². The second-order valence-corrected chi connectivity index (χ2v) is 10.5. The Labute approximate surface area is 184 Å². The Bertz CT molecular complexity index is 653. The van der Waals surface area contributed by atoms with Gasteiger partial charge in [0.15, 0.2) is 0 Å². The number of hydrogen-bond donors (Lipinski definition) is 0. The smallest absolute Gasteiger partial charge is 0.0719 e. The Hall–Kier alpha value is -1.16. The summed E-state index contributed by atoms with van der Waals surface area (Å²) in [5.41, 5.74) is 3.00. The molecule has 0 radical (unpaired) electrons. The van der Waals surface area contributed by atoms with Crippen LogP contribution in [0.15, 0.2) is 36.9 Å². The van der Waals surface area contributed by atoms with Gasteiger partial charge in [0.2, 0.25) is 0 Å². The van der Waals surface area contributed by atoms with E-state index >= 15 is 0 Å². The number of ether oxygens (including phenoxy) is 1. The zero-order chi connectivity index (χ0) is 21.8. The van der Waals surface area contributed by atoms with Crippen LogP contribution in [0.2, 0.25) is 0 Å². The molecule has 3 nitrogen and oxygen atoms in total. The van der Waals surface area contributed by atoms with E-state index in [1.54, 1.807) is 0 Å². The minimum Gasteiger partial charge on any atom is -0.379 e. The van der Waals surface area contributed by atoms with Gasteiger partial charge in [0.1, 0.15) is 0 Å². The van der Waals surface area contributed by atoms with Crippen molar-refractivity contribution >= 4 is 0 Å². The van der Waals surface area contributed by atoms with E-state index in [0.29, 0.717) is 24.5 Å². The lowest BCUT2D eigenvalue weighted by molar-refractivity contribution is -0.282. The topological polar surface area (TPSA) is 21.7 Å². The van der Waals surface area contributed by atoms with Crippen molar-refractivity contribution < 1.29 is 9.57 Å². The number of hydroxylamine groups is 2. The molecular formula is C27H43NO2. The normalized spacial score (nSPS) is 27.1. The van der Waals surface area contributed by atoms with Crippen molar-refractivity contribution in [3.8, 4) is 0 Å². The molecule has 2 fully saturated rings. The highest BCUT2D eigenvalue weighted by Crippen LogP contribution is 2.46. The minimum atomic E-state index is 0.00389. The molecule has 30 heavy (non-hydrogen) atoms. The van der Waals surface area contributed by atoms with Crippen LogP contribution < -0.4 is 0 Å². The number of hydrogen-bond acceptors (Lipinski definition) is 3. The largest absolute Gasteiger partial charge is 0.379 e. The van der Waals surface area contributed by atoms with Gasteiger partial charge in [-0.1, -0.05) is 30.3 Å². The quantitative estimate of drug-likeness (QED) is 0.338. The fraction of sp³-hybridized carbons (Fsp3) is 0.704. The third-order valence-electron chi connectivity index (χ3n) is 7.09. The molecule has 1 aliphatic carbocycles. The molecule has 2 aliphatic rings. The van der Waals surface area contributed by atoms with Crippen molar-refractivity contribution in [1.29, 1.82) is 0 Å². The van der Waals surface area contributed by atoms with E-state index < -0.39 is 0 Å². The summed E-state index contributed by atoms with van der Waals surface area (Å²) in [5, 5.41) is 2.26. The lowest BCUT2D eigenvalue weighted by Gasteiger charge is -2.54. The first-order chi connectivity index (χ1) is 14.3. The van der Waals surface area contributed by atoms with E-state index in [2.05, 4.69) is 70.5 Å². The third-order valence-corrected chi connectivity index (χ3v) is 7.09. The molecule has 168 valence electrons. The molecule has 3 heteroatoms. The summed E-state index contributed by atoms with van der Waals surface area (Å²) in [5.74, 6) is 1.26. The standard InChI is InChI=1S/C27H43NO2/c1-7-9-18-30-28-26(3,4)19-24(20-27(28,5)6)23-12-10-21(11-13-23)22-14-16-25(17-15-22)29-8-2/h7,10-13,22,24-25H,1,8-9,14-20H2,2-6H3. The lowest BCUT2D eigenvalue weighted by atomic mass is 9.72. The van der Waals surface area contributed by atoms with Crippen molar-refractivity contribution in [2.75, 3.05) is 13.2 Å². The third kappa shape index (κ3) is 5.55. The Balaban J connectivity index is 1.65. The highest BCUT2D eigenvalue weighted by molar-refractivity contribution is 5.29. The molecular weight excluding hydrogens is 370 g/mol. The van der Waals surface area contributed by atoms with Crippen LogP contribution in [0.4, 0.5) is 0 Å². The van der Waals surface area contributed by atoms with Crippen molar-refractivity contribution in [1.82, 2.24) is 5.06 Å². The summed E-state index contributed by atoms with van der Waals surface area (Å²) in [6, 6.07) is 9.59. The van der Waals surface area contributed by atoms with Crippen LogP contribution in [0.5, 0.6) is 0 Å². The van der Waals surface area contributed by atoms with Gasteiger partial charge in [0, 0.05) is 17.7 Å². The van der Waals surface area contributed by atoms with Crippen LogP contribution in [0, 0.1) is 0 Å².